The zero-order valence-electron chi connectivity index (χ0n) is 10.1. The first-order chi connectivity index (χ1) is 7.75. The van der Waals surface area contributed by atoms with Crippen molar-refractivity contribution in [1.82, 2.24) is 4.98 Å². The highest BCUT2D eigenvalue weighted by Crippen LogP contribution is 2.17. The Morgan fingerprint density at radius 2 is 2.06 bits per heavy atom. The minimum atomic E-state index is 0.745. The molecule has 0 unspecified atom stereocenters. The molecular weight excluding hydrogens is 200 g/mol. The molecule has 0 atom stereocenters. The zero-order valence-corrected chi connectivity index (χ0v) is 10.1. The monoisotopic (exact) mass is 220 g/mol. The number of anilines is 1. The molecule has 0 bridgehead atoms. The normalized spacial score (nSPS) is 17.4. The third-order valence-electron chi connectivity index (χ3n) is 3.15. The van der Waals surface area contributed by atoms with Gasteiger partial charge in [-0.3, -0.25) is 4.98 Å². The molecule has 1 aromatic heterocycles. The molecule has 1 aliphatic rings. The largest absolute Gasteiger partial charge is 0.383 e. The molecule has 0 aromatic carbocycles. The summed E-state index contributed by atoms with van der Waals surface area (Å²) >= 11 is 0. The highest BCUT2D eigenvalue weighted by molar-refractivity contribution is 5.47. The maximum absolute atomic E-state index is 5.35. The van der Waals surface area contributed by atoms with Gasteiger partial charge in [0.2, 0.25) is 0 Å². The lowest BCUT2D eigenvalue weighted by Crippen LogP contribution is -2.22. The van der Waals surface area contributed by atoms with Gasteiger partial charge in [-0.15, -0.1) is 0 Å². The average Bonchev–Trinajstić information content (AvgIpc) is 2.29. The van der Waals surface area contributed by atoms with Crippen molar-refractivity contribution < 1.29 is 4.74 Å². The number of ether oxygens (including phenoxy) is 1. The van der Waals surface area contributed by atoms with E-state index in [1.165, 1.54) is 12.8 Å². The van der Waals surface area contributed by atoms with E-state index in [2.05, 4.69) is 29.4 Å². The lowest BCUT2D eigenvalue weighted by atomic mass is 10.0. The second kappa shape index (κ2) is 5.30. The molecule has 3 heteroatoms. The molecule has 0 spiro atoms. The topological polar surface area (TPSA) is 34.1 Å². The van der Waals surface area contributed by atoms with Crippen molar-refractivity contribution >= 4 is 5.69 Å². The van der Waals surface area contributed by atoms with Gasteiger partial charge in [-0.05, 0) is 44.7 Å². The van der Waals surface area contributed by atoms with Gasteiger partial charge in [-0.2, -0.15) is 0 Å². The van der Waals surface area contributed by atoms with Crippen molar-refractivity contribution in [1.29, 1.82) is 0 Å². The summed E-state index contributed by atoms with van der Waals surface area (Å²) in [6.07, 6.45) is 2.34. The number of rotatable bonds is 3. The molecule has 0 saturated carbocycles. The molecule has 1 fully saturated rings. The number of nitrogens with one attached hydrogen (secondary N) is 1. The van der Waals surface area contributed by atoms with Crippen molar-refractivity contribution in [2.45, 2.75) is 26.7 Å². The van der Waals surface area contributed by atoms with Crippen LogP contribution >= 0.6 is 0 Å². The molecule has 88 valence electrons. The first-order valence-electron chi connectivity index (χ1n) is 6.01. The molecule has 1 N–H and O–H groups in total. The molecule has 16 heavy (non-hydrogen) atoms. The van der Waals surface area contributed by atoms with E-state index in [4.69, 9.17) is 4.74 Å². The molecule has 1 saturated heterocycles. The van der Waals surface area contributed by atoms with E-state index >= 15 is 0 Å². The molecule has 2 heterocycles. The number of hydrogen-bond acceptors (Lipinski definition) is 3. The summed E-state index contributed by atoms with van der Waals surface area (Å²) in [5, 5.41) is 3.49. The standard InChI is InChI=1S/C13H20N2O/c1-10-3-4-13(11(2)15-10)14-9-12-5-7-16-8-6-12/h3-4,12,14H,5-9H2,1-2H3. The van der Waals surface area contributed by atoms with Gasteiger partial charge in [0.15, 0.2) is 0 Å². The van der Waals surface area contributed by atoms with Crippen LogP contribution in [0.5, 0.6) is 0 Å². The number of aromatic nitrogens is 1. The first kappa shape index (κ1) is 11.4. The molecule has 1 aromatic rings. The SMILES string of the molecule is Cc1ccc(NCC2CCOCC2)c(C)n1. The predicted molar refractivity (Wildman–Crippen MR) is 65.7 cm³/mol. The Labute approximate surface area is 97.2 Å². The minimum absolute atomic E-state index is 0.745. The molecule has 3 nitrogen and oxygen atoms in total. The smallest absolute Gasteiger partial charge is 0.0606 e. The maximum Gasteiger partial charge on any atom is 0.0606 e. The van der Waals surface area contributed by atoms with Gasteiger partial charge in [0.25, 0.3) is 0 Å². The summed E-state index contributed by atoms with van der Waals surface area (Å²) in [5.41, 5.74) is 3.33. The Balaban J connectivity index is 1.88. The third-order valence-corrected chi connectivity index (χ3v) is 3.15. The average molecular weight is 220 g/mol. The Hall–Kier alpha value is -1.09. The molecule has 0 radical (unpaired) electrons. The van der Waals surface area contributed by atoms with E-state index in [0.29, 0.717) is 0 Å². The van der Waals surface area contributed by atoms with Crippen molar-refractivity contribution in [3.8, 4) is 0 Å². The predicted octanol–water partition coefficient (Wildman–Crippen LogP) is 2.54. The van der Waals surface area contributed by atoms with Gasteiger partial charge in [-0.25, -0.2) is 0 Å². The lowest BCUT2D eigenvalue weighted by molar-refractivity contribution is 0.0699. The maximum atomic E-state index is 5.35. The van der Waals surface area contributed by atoms with Crippen LogP contribution in [0.2, 0.25) is 0 Å². The van der Waals surface area contributed by atoms with Crippen molar-refractivity contribution in [2.24, 2.45) is 5.92 Å². The van der Waals surface area contributed by atoms with Crippen LogP contribution in [0.15, 0.2) is 12.1 Å². The first-order valence-corrected chi connectivity index (χ1v) is 6.01. The van der Waals surface area contributed by atoms with Gasteiger partial charge in [0.05, 0.1) is 11.4 Å². The van der Waals surface area contributed by atoms with Gasteiger partial charge < -0.3 is 10.1 Å². The van der Waals surface area contributed by atoms with Crippen molar-refractivity contribution in [3.05, 3.63) is 23.5 Å². The van der Waals surface area contributed by atoms with Gasteiger partial charge in [0.1, 0.15) is 0 Å². The summed E-state index contributed by atoms with van der Waals surface area (Å²) in [6.45, 7) is 6.94. The van der Waals surface area contributed by atoms with E-state index in [0.717, 1.165) is 42.8 Å². The fourth-order valence-corrected chi connectivity index (χ4v) is 2.08. The van der Waals surface area contributed by atoms with Crippen LogP contribution in [0.3, 0.4) is 0 Å². The van der Waals surface area contributed by atoms with Gasteiger partial charge in [-0.1, -0.05) is 0 Å². The van der Waals surface area contributed by atoms with Crippen molar-refractivity contribution in [3.63, 3.8) is 0 Å². The summed E-state index contributed by atoms with van der Waals surface area (Å²) in [7, 11) is 0. The number of hydrogen-bond donors (Lipinski definition) is 1. The van der Waals surface area contributed by atoms with Crippen LogP contribution in [0, 0.1) is 19.8 Å². The molecule has 0 aliphatic carbocycles. The Morgan fingerprint density at radius 1 is 1.31 bits per heavy atom. The second-order valence-electron chi connectivity index (χ2n) is 4.52. The summed E-state index contributed by atoms with van der Waals surface area (Å²) < 4.78 is 5.35. The number of pyridine rings is 1. The summed E-state index contributed by atoms with van der Waals surface area (Å²) in [5.74, 6) is 0.745. The van der Waals surface area contributed by atoms with E-state index < -0.39 is 0 Å². The third kappa shape index (κ3) is 2.95. The van der Waals surface area contributed by atoms with E-state index in [1.807, 2.05) is 6.92 Å². The Bertz CT molecular complexity index is 346. The fourth-order valence-electron chi connectivity index (χ4n) is 2.08. The number of nitrogens with zero attached hydrogens (tertiary/aromatic N) is 1. The molecule has 2 rings (SSSR count). The van der Waals surface area contributed by atoms with Crippen LogP contribution < -0.4 is 5.32 Å². The Morgan fingerprint density at radius 3 is 2.75 bits per heavy atom. The molecule has 0 amide bonds. The highest BCUT2D eigenvalue weighted by Gasteiger charge is 2.13. The number of aryl methyl sites for hydroxylation is 2. The van der Waals surface area contributed by atoms with E-state index in [-0.39, 0.29) is 0 Å². The van der Waals surface area contributed by atoms with Crippen LogP contribution in [-0.4, -0.2) is 24.7 Å². The Kier molecular flexibility index (Phi) is 3.78. The van der Waals surface area contributed by atoms with E-state index in [1.54, 1.807) is 0 Å². The highest BCUT2D eigenvalue weighted by atomic mass is 16.5. The summed E-state index contributed by atoms with van der Waals surface area (Å²) in [4.78, 5) is 4.45. The van der Waals surface area contributed by atoms with Gasteiger partial charge in [0, 0.05) is 25.5 Å². The fraction of sp³-hybridized carbons (Fsp3) is 0.615. The quantitative estimate of drug-likeness (QED) is 0.850. The summed E-state index contributed by atoms with van der Waals surface area (Å²) in [6, 6.07) is 4.18. The van der Waals surface area contributed by atoms with Crippen molar-refractivity contribution in [2.75, 3.05) is 25.1 Å². The van der Waals surface area contributed by atoms with Gasteiger partial charge >= 0.3 is 0 Å². The van der Waals surface area contributed by atoms with Crippen LogP contribution in [0.1, 0.15) is 24.2 Å². The van der Waals surface area contributed by atoms with E-state index in [9.17, 15) is 0 Å². The molecular formula is C13H20N2O. The van der Waals surface area contributed by atoms with Crippen LogP contribution in [-0.2, 0) is 4.74 Å². The van der Waals surface area contributed by atoms with Crippen LogP contribution in [0.4, 0.5) is 5.69 Å². The zero-order chi connectivity index (χ0) is 11.4. The van der Waals surface area contributed by atoms with Crippen LogP contribution in [0.25, 0.3) is 0 Å². The second-order valence-corrected chi connectivity index (χ2v) is 4.52. The minimum Gasteiger partial charge on any atom is -0.383 e. The lowest BCUT2D eigenvalue weighted by Gasteiger charge is -2.23. The molecule has 1 aliphatic heterocycles.